The van der Waals surface area contributed by atoms with Gasteiger partial charge in [-0.2, -0.15) is 0 Å². The Morgan fingerprint density at radius 3 is 2.87 bits per heavy atom. The van der Waals surface area contributed by atoms with E-state index < -0.39 is 0 Å². The number of thioether (sulfide) groups is 1. The maximum absolute atomic E-state index is 4.26. The molecule has 0 saturated heterocycles. The Morgan fingerprint density at radius 1 is 1.40 bits per heavy atom. The van der Waals surface area contributed by atoms with Crippen LogP contribution in [0.25, 0.3) is 0 Å². The lowest BCUT2D eigenvalue weighted by Gasteiger charge is -2.07. The molecule has 0 radical (unpaired) electrons. The van der Waals surface area contributed by atoms with Gasteiger partial charge in [-0.05, 0) is 35.0 Å². The second kappa shape index (κ2) is 7.06. The van der Waals surface area contributed by atoms with E-state index >= 15 is 0 Å². The van der Waals surface area contributed by atoms with E-state index in [0.717, 1.165) is 27.6 Å². The minimum Gasteiger partial charge on any atom is -0.369 e. The van der Waals surface area contributed by atoms with Gasteiger partial charge in [0.1, 0.15) is 17.2 Å². The molecule has 84 valence electrons. The maximum atomic E-state index is 4.26. The fourth-order valence-corrected chi connectivity index (χ4v) is 2.72. The number of aromatic nitrogens is 2. The SMILES string of the molecule is CCCCSc1ncnc(NCC)c1Br. The molecule has 0 saturated carbocycles. The predicted octanol–water partition coefficient (Wildman–Crippen LogP) is 3.56. The largest absolute Gasteiger partial charge is 0.369 e. The molecular weight excluding hydrogens is 274 g/mol. The van der Waals surface area contributed by atoms with Crippen LogP contribution in [0.4, 0.5) is 5.82 Å². The minimum atomic E-state index is 0.870. The zero-order valence-corrected chi connectivity index (χ0v) is 11.5. The van der Waals surface area contributed by atoms with Crippen LogP contribution in [0.5, 0.6) is 0 Å². The first-order chi connectivity index (χ1) is 7.29. The van der Waals surface area contributed by atoms with Crippen LogP contribution in [0.2, 0.25) is 0 Å². The molecule has 0 amide bonds. The fourth-order valence-electron chi connectivity index (χ4n) is 1.06. The molecule has 0 spiro atoms. The lowest BCUT2D eigenvalue weighted by molar-refractivity contribution is 0.893. The van der Waals surface area contributed by atoms with Crippen molar-refractivity contribution in [3.05, 3.63) is 10.8 Å². The van der Waals surface area contributed by atoms with Crippen LogP contribution < -0.4 is 5.32 Å². The van der Waals surface area contributed by atoms with Crippen molar-refractivity contribution in [1.82, 2.24) is 9.97 Å². The highest BCUT2D eigenvalue weighted by atomic mass is 79.9. The summed E-state index contributed by atoms with van der Waals surface area (Å²) in [4.78, 5) is 8.43. The van der Waals surface area contributed by atoms with Crippen LogP contribution in [0.1, 0.15) is 26.7 Å². The van der Waals surface area contributed by atoms with Crippen molar-refractivity contribution in [3.8, 4) is 0 Å². The summed E-state index contributed by atoms with van der Waals surface area (Å²) >= 11 is 5.30. The average Bonchev–Trinajstić information content (AvgIpc) is 2.24. The molecule has 0 fully saturated rings. The summed E-state index contributed by atoms with van der Waals surface area (Å²) in [5.74, 6) is 1.99. The Hall–Kier alpha value is -0.290. The Bertz CT molecular complexity index is 307. The van der Waals surface area contributed by atoms with Crippen LogP contribution in [0, 0.1) is 0 Å². The highest BCUT2D eigenvalue weighted by Gasteiger charge is 2.07. The van der Waals surface area contributed by atoms with Gasteiger partial charge in [0.15, 0.2) is 0 Å². The Kier molecular flexibility index (Phi) is 6.02. The third kappa shape index (κ3) is 3.99. The van der Waals surface area contributed by atoms with Crippen LogP contribution in [0.3, 0.4) is 0 Å². The number of rotatable bonds is 6. The molecule has 1 rings (SSSR count). The third-order valence-electron chi connectivity index (χ3n) is 1.84. The summed E-state index contributed by atoms with van der Waals surface area (Å²) in [5.41, 5.74) is 0. The fraction of sp³-hybridized carbons (Fsp3) is 0.600. The van der Waals surface area contributed by atoms with Gasteiger partial charge in [-0.15, -0.1) is 11.8 Å². The number of halogens is 1. The summed E-state index contributed by atoms with van der Waals surface area (Å²) in [6.45, 7) is 5.12. The second-order valence-corrected chi connectivity index (χ2v) is 4.95. The van der Waals surface area contributed by atoms with Gasteiger partial charge in [0.05, 0.1) is 4.47 Å². The van der Waals surface area contributed by atoms with Gasteiger partial charge in [0, 0.05) is 6.54 Å². The number of nitrogens with zero attached hydrogens (tertiary/aromatic N) is 2. The highest BCUT2D eigenvalue weighted by molar-refractivity contribution is 9.10. The number of nitrogens with one attached hydrogen (secondary N) is 1. The zero-order valence-electron chi connectivity index (χ0n) is 9.09. The Morgan fingerprint density at radius 2 is 2.20 bits per heavy atom. The molecule has 1 aromatic heterocycles. The first kappa shape index (κ1) is 12.8. The molecule has 0 aliphatic heterocycles. The van der Waals surface area contributed by atoms with E-state index in [1.165, 1.54) is 12.8 Å². The molecule has 1 heterocycles. The standard InChI is InChI=1S/C10H16BrN3S/c1-3-5-6-15-10-8(11)9(12-4-2)13-7-14-10/h7H,3-6H2,1-2H3,(H,12,13,14). The molecular formula is C10H16BrN3S. The van der Waals surface area contributed by atoms with E-state index in [9.17, 15) is 0 Å². The molecule has 0 aliphatic rings. The molecule has 1 aromatic rings. The molecule has 5 heteroatoms. The average molecular weight is 290 g/mol. The van der Waals surface area contributed by atoms with Gasteiger partial charge in [-0.3, -0.25) is 0 Å². The number of unbranched alkanes of at least 4 members (excludes halogenated alkanes) is 1. The lowest BCUT2D eigenvalue weighted by Crippen LogP contribution is -2.01. The molecule has 1 N–H and O–H groups in total. The monoisotopic (exact) mass is 289 g/mol. The minimum absolute atomic E-state index is 0.870. The van der Waals surface area contributed by atoms with Gasteiger partial charge in [0.25, 0.3) is 0 Å². The normalized spacial score (nSPS) is 10.3. The highest BCUT2D eigenvalue weighted by Crippen LogP contribution is 2.30. The quantitative estimate of drug-likeness (QED) is 0.494. The van der Waals surface area contributed by atoms with Gasteiger partial charge >= 0.3 is 0 Å². The first-order valence-corrected chi connectivity index (χ1v) is 6.94. The van der Waals surface area contributed by atoms with Gasteiger partial charge < -0.3 is 5.32 Å². The summed E-state index contributed by atoms with van der Waals surface area (Å²) in [6, 6.07) is 0. The summed E-state index contributed by atoms with van der Waals surface area (Å²) < 4.78 is 0.980. The van der Waals surface area contributed by atoms with Crippen molar-refractivity contribution in [2.45, 2.75) is 31.7 Å². The van der Waals surface area contributed by atoms with Gasteiger partial charge in [-0.25, -0.2) is 9.97 Å². The van der Waals surface area contributed by atoms with E-state index in [2.05, 4.69) is 45.1 Å². The summed E-state index contributed by atoms with van der Waals surface area (Å²) in [5, 5.41) is 4.22. The van der Waals surface area contributed by atoms with Crippen LogP contribution >= 0.6 is 27.7 Å². The predicted molar refractivity (Wildman–Crippen MR) is 69.5 cm³/mol. The van der Waals surface area contributed by atoms with Crippen molar-refractivity contribution in [1.29, 1.82) is 0 Å². The second-order valence-electron chi connectivity index (χ2n) is 3.07. The number of anilines is 1. The van der Waals surface area contributed by atoms with Crippen molar-refractivity contribution in [2.24, 2.45) is 0 Å². The van der Waals surface area contributed by atoms with Crippen LogP contribution in [-0.4, -0.2) is 22.3 Å². The van der Waals surface area contributed by atoms with Gasteiger partial charge in [-0.1, -0.05) is 13.3 Å². The first-order valence-electron chi connectivity index (χ1n) is 5.16. The number of hydrogen-bond acceptors (Lipinski definition) is 4. The van der Waals surface area contributed by atoms with Crippen molar-refractivity contribution >= 4 is 33.5 Å². The molecule has 3 nitrogen and oxygen atoms in total. The maximum Gasteiger partial charge on any atom is 0.144 e. The Labute approximate surface area is 104 Å². The molecule has 15 heavy (non-hydrogen) atoms. The molecule has 0 aliphatic carbocycles. The smallest absolute Gasteiger partial charge is 0.144 e. The van der Waals surface area contributed by atoms with E-state index in [0.29, 0.717) is 0 Å². The van der Waals surface area contributed by atoms with E-state index in [1.807, 2.05) is 0 Å². The Balaban J connectivity index is 2.66. The van der Waals surface area contributed by atoms with Crippen molar-refractivity contribution in [3.63, 3.8) is 0 Å². The number of hydrogen-bond donors (Lipinski definition) is 1. The molecule has 0 bridgehead atoms. The molecule has 0 unspecified atom stereocenters. The van der Waals surface area contributed by atoms with E-state index in [-0.39, 0.29) is 0 Å². The summed E-state index contributed by atoms with van der Waals surface area (Å²) in [6.07, 6.45) is 4.05. The van der Waals surface area contributed by atoms with Crippen molar-refractivity contribution < 1.29 is 0 Å². The van der Waals surface area contributed by atoms with E-state index in [4.69, 9.17) is 0 Å². The van der Waals surface area contributed by atoms with Crippen molar-refractivity contribution in [2.75, 3.05) is 17.6 Å². The third-order valence-corrected chi connectivity index (χ3v) is 3.93. The molecule has 0 aromatic carbocycles. The van der Waals surface area contributed by atoms with Crippen LogP contribution in [0.15, 0.2) is 15.8 Å². The summed E-state index contributed by atoms with van der Waals surface area (Å²) in [7, 11) is 0. The van der Waals surface area contributed by atoms with Crippen LogP contribution in [-0.2, 0) is 0 Å². The lowest BCUT2D eigenvalue weighted by atomic mass is 10.4. The zero-order chi connectivity index (χ0) is 11.1. The topological polar surface area (TPSA) is 37.8 Å². The van der Waals surface area contributed by atoms with E-state index in [1.54, 1.807) is 18.1 Å². The molecule has 0 atom stereocenters. The van der Waals surface area contributed by atoms with Gasteiger partial charge in [0.2, 0.25) is 0 Å².